The highest BCUT2D eigenvalue weighted by atomic mass is 16.8. The molecule has 2 heterocycles. The molecule has 0 aromatic carbocycles. The molecule has 1 saturated carbocycles. The van der Waals surface area contributed by atoms with Crippen LogP contribution >= 0.6 is 0 Å². The summed E-state index contributed by atoms with van der Waals surface area (Å²) in [5, 5.41) is 14.4. The van der Waals surface area contributed by atoms with Crippen molar-refractivity contribution in [1.82, 2.24) is 14.8 Å². The van der Waals surface area contributed by atoms with Crippen molar-refractivity contribution < 1.29 is 14.7 Å². The van der Waals surface area contributed by atoms with E-state index in [1.54, 1.807) is 0 Å². The Morgan fingerprint density at radius 3 is 3.06 bits per heavy atom. The van der Waals surface area contributed by atoms with Gasteiger partial charge >= 0.3 is 6.16 Å². The van der Waals surface area contributed by atoms with Gasteiger partial charge < -0.3 is 9.94 Å². The van der Waals surface area contributed by atoms with Crippen molar-refractivity contribution in [3.63, 3.8) is 0 Å². The van der Waals surface area contributed by atoms with Gasteiger partial charge in [0.25, 0.3) is 0 Å². The number of aromatic nitrogens is 2. The summed E-state index contributed by atoms with van der Waals surface area (Å²) in [5.74, 6) is 0. The summed E-state index contributed by atoms with van der Waals surface area (Å²) >= 11 is 0. The molecule has 6 heteroatoms. The molecular weight excluding hydrogens is 210 g/mol. The Morgan fingerprint density at radius 2 is 2.38 bits per heavy atom. The fourth-order valence-electron chi connectivity index (χ4n) is 2.12. The van der Waals surface area contributed by atoms with Gasteiger partial charge in [0, 0.05) is 6.54 Å². The van der Waals surface area contributed by atoms with Crippen LogP contribution in [-0.4, -0.2) is 32.7 Å². The second kappa shape index (κ2) is 3.48. The summed E-state index contributed by atoms with van der Waals surface area (Å²) in [7, 11) is 0. The van der Waals surface area contributed by atoms with E-state index in [1.807, 2.05) is 10.9 Å². The Kier molecular flexibility index (Phi) is 2.10. The van der Waals surface area contributed by atoms with Gasteiger partial charge in [-0.25, -0.2) is 4.79 Å². The molecule has 1 aromatic heterocycles. The van der Waals surface area contributed by atoms with Gasteiger partial charge in [0.15, 0.2) is 0 Å². The summed E-state index contributed by atoms with van der Waals surface area (Å²) in [4.78, 5) is 15.1. The molecule has 1 aliphatic carbocycles. The highest BCUT2D eigenvalue weighted by molar-refractivity contribution is 5.56. The third-order valence-electron chi connectivity index (χ3n) is 3.04. The van der Waals surface area contributed by atoms with Crippen molar-refractivity contribution in [3.8, 4) is 0 Å². The molecule has 0 atom stereocenters. The molecule has 0 spiro atoms. The first-order chi connectivity index (χ1) is 7.74. The van der Waals surface area contributed by atoms with Crippen LogP contribution in [-0.2, 0) is 17.8 Å². The number of hydrogen-bond acceptors (Lipinski definition) is 4. The van der Waals surface area contributed by atoms with E-state index < -0.39 is 6.16 Å². The van der Waals surface area contributed by atoms with E-state index in [4.69, 9.17) is 5.11 Å². The normalized spacial score (nSPS) is 20.5. The minimum absolute atomic E-state index is 0.512. The Balaban J connectivity index is 1.80. The lowest BCUT2D eigenvalue weighted by molar-refractivity contribution is -0.130. The average molecular weight is 223 g/mol. The summed E-state index contributed by atoms with van der Waals surface area (Å²) in [6, 6.07) is 0.522. The van der Waals surface area contributed by atoms with E-state index >= 15 is 0 Å². The van der Waals surface area contributed by atoms with E-state index in [-0.39, 0.29) is 0 Å². The lowest BCUT2D eigenvalue weighted by Gasteiger charge is -2.24. The predicted octanol–water partition coefficient (Wildman–Crippen LogP) is 1.19. The zero-order valence-corrected chi connectivity index (χ0v) is 8.80. The van der Waals surface area contributed by atoms with Gasteiger partial charge in [0.05, 0.1) is 24.5 Å². The van der Waals surface area contributed by atoms with E-state index in [9.17, 15) is 4.79 Å². The number of nitrogens with zero attached hydrogens (tertiary/aromatic N) is 3. The number of carboxylic acid groups (broad SMARTS) is 1. The third kappa shape index (κ3) is 1.65. The molecule has 1 N–H and O–H groups in total. The van der Waals surface area contributed by atoms with Gasteiger partial charge in [-0.15, -0.1) is 5.06 Å². The maximum atomic E-state index is 10.5. The van der Waals surface area contributed by atoms with E-state index in [2.05, 4.69) is 9.94 Å². The standard InChI is InChI=1S/C10H13N3O3/c14-10(15)16-12-4-3-7-5-11-13(8-1-2-8)9(7)6-12/h5,8H,1-4,6H2,(H,14,15). The number of fused-ring (bicyclic) bond motifs is 1. The monoisotopic (exact) mass is 223 g/mol. The van der Waals surface area contributed by atoms with Crippen LogP contribution in [0.15, 0.2) is 6.20 Å². The lowest BCUT2D eigenvalue weighted by Crippen LogP contribution is -2.33. The molecule has 0 bridgehead atoms. The SMILES string of the molecule is O=C(O)ON1CCc2cnn(C3CC3)c2C1. The molecule has 1 fully saturated rings. The van der Waals surface area contributed by atoms with E-state index in [0.717, 1.165) is 12.1 Å². The first-order valence-corrected chi connectivity index (χ1v) is 5.45. The first-order valence-electron chi connectivity index (χ1n) is 5.45. The Bertz CT molecular complexity index is 425. The summed E-state index contributed by atoms with van der Waals surface area (Å²) in [5.41, 5.74) is 2.33. The van der Waals surface area contributed by atoms with Gasteiger partial charge in [0.1, 0.15) is 0 Å². The predicted molar refractivity (Wildman–Crippen MR) is 53.7 cm³/mol. The molecule has 86 valence electrons. The molecule has 0 saturated heterocycles. The highest BCUT2D eigenvalue weighted by Crippen LogP contribution is 2.36. The zero-order chi connectivity index (χ0) is 11.1. The molecule has 0 radical (unpaired) electrons. The second-order valence-corrected chi connectivity index (χ2v) is 4.26. The van der Waals surface area contributed by atoms with Crippen LogP contribution in [0.1, 0.15) is 30.1 Å². The Hall–Kier alpha value is -1.56. The molecule has 6 nitrogen and oxygen atoms in total. The van der Waals surface area contributed by atoms with Crippen molar-refractivity contribution in [2.45, 2.75) is 31.8 Å². The van der Waals surface area contributed by atoms with Crippen LogP contribution in [0.5, 0.6) is 0 Å². The minimum Gasteiger partial charge on any atom is -0.448 e. The molecule has 0 amide bonds. The van der Waals surface area contributed by atoms with Crippen LogP contribution in [0.3, 0.4) is 0 Å². The number of hydroxylamine groups is 2. The Labute approximate surface area is 92.4 Å². The zero-order valence-electron chi connectivity index (χ0n) is 8.80. The maximum absolute atomic E-state index is 10.5. The number of carbonyl (C=O) groups is 1. The quantitative estimate of drug-likeness (QED) is 0.815. The molecule has 1 aromatic rings. The second-order valence-electron chi connectivity index (χ2n) is 4.26. The number of rotatable bonds is 2. The molecule has 1 aliphatic heterocycles. The van der Waals surface area contributed by atoms with Gasteiger partial charge in [-0.2, -0.15) is 5.10 Å². The van der Waals surface area contributed by atoms with Gasteiger partial charge in [-0.1, -0.05) is 0 Å². The van der Waals surface area contributed by atoms with Crippen LogP contribution < -0.4 is 0 Å². The van der Waals surface area contributed by atoms with Gasteiger partial charge in [-0.3, -0.25) is 4.68 Å². The molecule has 2 aliphatic rings. The lowest BCUT2D eigenvalue weighted by atomic mass is 10.1. The summed E-state index contributed by atoms with van der Waals surface area (Å²) in [6.07, 6.45) is 3.80. The van der Waals surface area contributed by atoms with Crippen molar-refractivity contribution in [2.24, 2.45) is 0 Å². The smallest absolute Gasteiger partial charge is 0.448 e. The van der Waals surface area contributed by atoms with Crippen LogP contribution in [0.2, 0.25) is 0 Å². The largest absolute Gasteiger partial charge is 0.525 e. The summed E-state index contributed by atoms with van der Waals surface area (Å²) in [6.45, 7) is 1.12. The molecule has 3 rings (SSSR count). The van der Waals surface area contributed by atoms with Gasteiger partial charge in [-0.05, 0) is 24.8 Å². The van der Waals surface area contributed by atoms with Crippen molar-refractivity contribution in [2.75, 3.05) is 6.54 Å². The maximum Gasteiger partial charge on any atom is 0.525 e. The average Bonchev–Trinajstić information content (AvgIpc) is 2.98. The van der Waals surface area contributed by atoms with Crippen LogP contribution in [0.25, 0.3) is 0 Å². The van der Waals surface area contributed by atoms with Gasteiger partial charge in [0.2, 0.25) is 0 Å². The molecular formula is C10H13N3O3. The number of hydrogen-bond donors (Lipinski definition) is 1. The van der Waals surface area contributed by atoms with Crippen LogP contribution in [0.4, 0.5) is 4.79 Å². The Morgan fingerprint density at radius 1 is 1.56 bits per heavy atom. The molecule has 16 heavy (non-hydrogen) atoms. The first kappa shape index (κ1) is 9.65. The minimum atomic E-state index is -1.25. The van der Waals surface area contributed by atoms with Crippen LogP contribution in [0, 0.1) is 0 Å². The third-order valence-corrected chi connectivity index (χ3v) is 3.04. The topological polar surface area (TPSA) is 67.6 Å². The van der Waals surface area contributed by atoms with Crippen molar-refractivity contribution >= 4 is 6.16 Å². The fraction of sp³-hybridized carbons (Fsp3) is 0.600. The van der Waals surface area contributed by atoms with Crippen molar-refractivity contribution in [1.29, 1.82) is 0 Å². The van der Waals surface area contributed by atoms with E-state index in [0.29, 0.717) is 19.1 Å². The van der Waals surface area contributed by atoms with Crippen molar-refractivity contribution in [3.05, 3.63) is 17.5 Å². The fourth-order valence-corrected chi connectivity index (χ4v) is 2.12. The highest BCUT2D eigenvalue weighted by Gasteiger charge is 2.31. The molecule has 0 unspecified atom stereocenters. The van der Waals surface area contributed by atoms with E-state index in [1.165, 1.54) is 23.5 Å². The summed E-state index contributed by atoms with van der Waals surface area (Å²) < 4.78 is 2.02.